The van der Waals surface area contributed by atoms with E-state index < -0.39 is 22.9 Å². The van der Waals surface area contributed by atoms with Gasteiger partial charge in [0.25, 0.3) is 5.56 Å². The molecule has 4 rings (SSSR count). The molecule has 0 aliphatic heterocycles. The Morgan fingerprint density at radius 1 is 1.06 bits per heavy atom. The molecule has 10 heteroatoms. The fraction of sp³-hybridized carbons (Fsp3) is 0.227. The summed E-state index contributed by atoms with van der Waals surface area (Å²) in [5, 5.41) is 10.3. The van der Waals surface area contributed by atoms with Gasteiger partial charge >= 0.3 is 6.18 Å². The monoisotopic (exact) mass is 441 g/mol. The van der Waals surface area contributed by atoms with E-state index in [9.17, 15) is 23.1 Å². The SMILES string of the molecule is CC(C)(O)Cn1cnc2c(-c3cccnc3)nc(-c3ccc(C(F)(F)F)cn3)cc2c1=O. The van der Waals surface area contributed by atoms with Crippen LogP contribution < -0.4 is 5.56 Å². The van der Waals surface area contributed by atoms with E-state index in [1.54, 1.807) is 38.4 Å². The fourth-order valence-corrected chi connectivity index (χ4v) is 3.24. The molecule has 0 aromatic carbocycles. The number of nitrogens with zero attached hydrogens (tertiary/aromatic N) is 5. The summed E-state index contributed by atoms with van der Waals surface area (Å²) < 4.78 is 40.0. The molecule has 0 unspecified atom stereocenters. The van der Waals surface area contributed by atoms with Gasteiger partial charge < -0.3 is 5.11 Å². The van der Waals surface area contributed by atoms with E-state index in [0.29, 0.717) is 16.8 Å². The van der Waals surface area contributed by atoms with Gasteiger partial charge in [0.15, 0.2) is 0 Å². The third-order valence-corrected chi connectivity index (χ3v) is 4.66. The zero-order chi connectivity index (χ0) is 23.1. The molecule has 4 aromatic rings. The molecule has 1 N–H and O–H groups in total. The van der Waals surface area contributed by atoms with Gasteiger partial charge in [0, 0.05) is 24.2 Å². The van der Waals surface area contributed by atoms with Crippen LogP contribution in [0.4, 0.5) is 13.2 Å². The van der Waals surface area contributed by atoms with Crippen LogP contribution in [0.25, 0.3) is 33.5 Å². The van der Waals surface area contributed by atoms with Crippen molar-refractivity contribution >= 4 is 10.9 Å². The molecule has 0 aliphatic rings. The number of halogens is 3. The Morgan fingerprint density at radius 2 is 1.84 bits per heavy atom. The van der Waals surface area contributed by atoms with Gasteiger partial charge in [-0.05, 0) is 44.2 Å². The smallest absolute Gasteiger partial charge is 0.389 e. The van der Waals surface area contributed by atoms with Crippen molar-refractivity contribution < 1.29 is 18.3 Å². The second kappa shape index (κ2) is 7.79. The third kappa shape index (κ3) is 4.35. The maximum atomic E-state index is 13.2. The fourth-order valence-electron chi connectivity index (χ4n) is 3.24. The number of pyridine rings is 3. The standard InChI is InChI=1S/C22H18F3N5O2/c1-21(2,32)11-30-12-28-19-15(20(30)31)8-17(29-18(19)13-4-3-7-26-9-13)16-6-5-14(10-27-16)22(23,24)25/h3-10,12,32H,11H2,1-2H3. The quantitative estimate of drug-likeness (QED) is 0.519. The lowest BCUT2D eigenvalue weighted by Crippen LogP contribution is -2.33. The van der Waals surface area contributed by atoms with Crippen molar-refractivity contribution in [3.05, 3.63) is 71.2 Å². The molecule has 0 bridgehead atoms. The van der Waals surface area contributed by atoms with Crippen molar-refractivity contribution in [1.29, 1.82) is 0 Å². The topological polar surface area (TPSA) is 93.8 Å². The second-order valence-corrected chi connectivity index (χ2v) is 7.91. The van der Waals surface area contributed by atoms with Gasteiger partial charge in [0.05, 0.1) is 46.5 Å². The van der Waals surface area contributed by atoms with E-state index >= 15 is 0 Å². The summed E-state index contributed by atoms with van der Waals surface area (Å²) in [6, 6.07) is 6.99. The highest BCUT2D eigenvalue weighted by Crippen LogP contribution is 2.31. The van der Waals surface area contributed by atoms with E-state index in [0.717, 1.165) is 12.3 Å². The molecule has 4 heterocycles. The van der Waals surface area contributed by atoms with Crippen molar-refractivity contribution in [1.82, 2.24) is 24.5 Å². The Morgan fingerprint density at radius 3 is 2.44 bits per heavy atom. The zero-order valence-electron chi connectivity index (χ0n) is 17.1. The van der Waals surface area contributed by atoms with Gasteiger partial charge in [-0.3, -0.25) is 19.3 Å². The first-order chi connectivity index (χ1) is 15.0. The number of aromatic nitrogens is 5. The summed E-state index contributed by atoms with van der Waals surface area (Å²) in [4.78, 5) is 30.0. The summed E-state index contributed by atoms with van der Waals surface area (Å²) >= 11 is 0. The first kappa shape index (κ1) is 21.6. The third-order valence-electron chi connectivity index (χ3n) is 4.66. The van der Waals surface area contributed by atoms with E-state index in [2.05, 4.69) is 19.9 Å². The summed E-state index contributed by atoms with van der Waals surface area (Å²) in [6.07, 6.45) is 0.672. The van der Waals surface area contributed by atoms with Crippen molar-refractivity contribution in [3.63, 3.8) is 0 Å². The summed E-state index contributed by atoms with van der Waals surface area (Å²) in [5.74, 6) is 0. The Bertz CT molecular complexity index is 1330. The molecular weight excluding hydrogens is 423 g/mol. The van der Waals surface area contributed by atoms with Crippen LogP contribution in [0.1, 0.15) is 19.4 Å². The minimum atomic E-state index is -4.52. The number of hydrogen-bond donors (Lipinski definition) is 1. The van der Waals surface area contributed by atoms with Crippen LogP contribution in [0.3, 0.4) is 0 Å². The molecule has 0 radical (unpaired) electrons. The van der Waals surface area contributed by atoms with Crippen LogP contribution >= 0.6 is 0 Å². The minimum absolute atomic E-state index is 0.00713. The van der Waals surface area contributed by atoms with E-state index in [-0.39, 0.29) is 23.3 Å². The molecule has 0 saturated heterocycles. The maximum Gasteiger partial charge on any atom is 0.417 e. The number of aliphatic hydroxyl groups is 1. The highest BCUT2D eigenvalue weighted by Gasteiger charge is 2.30. The average Bonchev–Trinajstić information content (AvgIpc) is 2.74. The van der Waals surface area contributed by atoms with Crippen LogP contribution in [-0.4, -0.2) is 35.2 Å². The molecule has 0 aliphatic carbocycles. The van der Waals surface area contributed by atoms with Crippen LogP contribution in [0.15, 0.2) is 60.0 Å². The zero-order valence-corrected chi connectivity index (χ0v) is 17.1. The first-order valence-electron chi connectivity index (χ1n) is 9.59. The highest BCUT2D eigenvalue weighted by atomic mass is 19.4. The van der Waals surface area contributed by atoms with Crippen molar-refractivity contribution in [2.24, 2.45) is 0 Å². The Kier molecular flexibility index (Phi) is 5.25. The van der Waals surface area contributed by atoms with Gasteiger partial charge in [-0.15, -0.1) is 0 Å². The summed E-state index contributed by atoms with van der Waals surface area (Å²) in [6.45, 7) is 3.14. The molecule has 0 fully saturated rings. The molecular formula is C22H18F3N5O2. The maximum absolute atomic E-state index is 13.2. The van der Waals surface area contributed by atoms with Crippen LogP contribution in [0, 0.1) is 0 Å². The number of fused-ring (bicyclic) bond motifs is 1. The summed E-state index contributed by atoms with van der Waals surface area (Å²) in [5.41, 5.74) is -0.839. The van der Waals surface area contributed by atoms with Gasteiger partial charge in [-0.25, -0.2) is 9.97 Å². The van der Waals surface area contributed by atoms with Crippen LogP contribution in [0.5, 0.6) is 0 Å². The van der Waals surface area contributed by atoms with Gasteiger partial charge in [0.2, 0.25) is 0 Å². The predicted molar refractivity (Wildman–Crippen MR) is 112 cm³/mol. The number of alkyl halides is 3. The minimum Gasteiger partial charge on any atom is -0.389 e. The van der Waals surface area contributed by atoms with Gasteiger partial charge in [-0.2, -0.15) is 13.2 Å². The lowest BCUT2D eigenvalue weighted by molar-refractivity contribution is -0.137. The van der Waals surface area contributed by atoms with E-state index in [1.807, 2.05) is 0 Å². The van der Waals surface area contributed by atoms with E-state index in [4.69, 9.17) is 0 Å². The molecule has 0 atom stereocenters. The normalized spacial score (nSPS) is 12.3. The van der Waals surface area contributed by atoms with E-state index in [1.165, 1.54) is 23.0 Å². The van der Waals surface area contributed by atoms with Crippen LogP contribution in [-0.2, 0) is 12.7 Å². The van der Waals surface area contributed by atoms with Gasteiger partial charge in [0.1, 0.15) is 5.52 Å². The van der Waals surface area contributed by atoms with Crippen molar-refractivity contribution in [3.8, 4) is 22.6 Å². The first-order valence-corrected chi connectivity index (χ1v) is 9.59. The molecule has 4 aromatic heterocycles. The molecule has 7 nitrogen and oxygen atoms in total. The predicted octanol–water partition coefficient (Wildman–Crippen LogP) is 3.71. The van der Waals surface area contributed by atoms with Crippen molar-refractivity contribution in [2.45, 2.75) is 32.2 Å². The Balaban J connectivity index is 1.95. The highest BCUT2D eigenvalue weighted by molar-refractivity contribution is 5.93. The van der Waals surface area contributed by atoms with Crippen LogP contribution in [0.2, 0.25) is 0 Å². The lowest BCUT2D eigenvalue weighted by Gasteiger charge is -2.19. The molecule has 0 spiro atoms. The largest absolute Gasteiger partial charge is 0.417 e. The molecule has 0 amide bonds. The Labute approximate surface area is 180 Å². The molecule has 0 saturated carbocycles. The Hall–Kier alpha value is -3.66. The molecule has 164 valence electrons. The second-order valence-electron chi connectivity index (χ2n) is 7.91. The summed E-state index contributed by atoms with van der Waals surface area (Å²) in [7, 11) is 0. The lowest BCUT2D eigenvalue weighted by atomic mass is 10.1. The average molecular weight is 441 g/mol. The van der Waals surface area contributed by atoms with Crippen molar-refractivity contribution in [2.75, 3.05) is 0 Å². The number of hydrogen-bond acceptors (Lipinski definition) is 6. The number of rotatable bonds is 4. The molecule has 32 heavy (non-hydrogen) atoms. The van der Waals surface area contributed by atoms with Gasteiger partial charge in [-0.1, -0.05) is 0 Å².